The molecule has 1 aliphatic rings. The Balaban J connectivity index is 1.80. The van der Waals surface area contributed by atoms with E-state index in [0.717, 1.165) is 25.3 Å². The van der Waals surface area contributed by atoms with Gasteiger partial charge in [-0.25, -0.2) is 4.98 Å². The fraction of sp³-hybridized carbons (Fsp3) is 0.769. The number of hydrogen-bond acceptors (Lipinski definition) is 4. The van der Waals surface area contributed by atoms with Crippen LogP contribution in [0.4, 0.5) is 0 Å². The van der Waals surface area contributed by atoms with Crippen molar-refractivity contribution in [1.82, 2.24) is 10.3 Å². The fourth-order valence-corrected chi connectivity index (χ4v) is 2.86. The van der Waals surface area contributed by atoms with Crippen LogP contribution >= 0.6 is 11.3 Å². The first-order valence-corrected chi connectivity index (χ1v) is 7.40. The van der Waals surface area contributed by atoms with Gasteiger partial charge in [0.15, 0.2) is 0 Å². The molecule has 1 fully saturated rings. The van der Waals surface area contributed by atoms with Crippen LogP contribution in [0.1, 0.15) is 43.8 Å². The van der Waals surface area contributed by atoms with Crippen LogP contribution in [0.2, 0.25) is 0 Å². The van der Waals surface area contributed by atoms with E-state index in [2.05, 4.69) is 29.5 Å². The monoisotopic (exact) mass is 254 g/mol. The van der Waals surface area contributed by atoms with E-state index in [0.29, 0.717) is 12.1 Å². The summed E-state index contributed by atoms with van der Waals surface area (Å²) in [5, 5.41) is 6.77. The molecule has 0 spiro atoms. The summed E-state index contributed by atoms with van der Waals surface area (Å²) >= 11 is 1.76. The van der Waals surface area contributed by atoms with Crippen molar-refractivity contribution in [3.05, 3.63) is 16.1 Å². The smallest absolute Gasteiger partial charge is 0.0954 e. The first kappa shape index (κ1) is 13.0. The topological polar surface area (TPSA) is 34.1 Å². The zero-order valence-electron chi connectivity index (χ0n) is 10.7. The average molecular weight is 254 g/mol. The van der Waals surface area contributed by atoms with E-state index in [1.54, 1.807) is 11.3 Å². The van der Waals surface area contributed by atoms with Gasteiger partial charge in [-0.05, 0) is 19.3 Å². The minimum atomic E-state index is 0.404. The standard InChI is InChI=1S/C13H22N2OS/c1-10(2)14-8-11-9-17-13(15-11)7-12-5-3-4-6-16-12/h9-10,12,14H,3-8H2,1-2H3. The highest BCUT2D eigenvalue weighted by molar-refractivity contribution is 7.09. The number of thiazole rings is 1. The maximum Gasteiger partial charge on any atom is 0.0954 e. The van der Waals surface area contributed by atoms with Gasteiger partial charge in [0.05, 0.1) is 16.8 Å². The first-order chi connectivity index (χ1) is 8.24. The minimum Gasteiger partial charge on any atom is -0.378 e. The van der Waals surface area contributed by atoms with Crippen LogP contribution in [-0.4, -0.2) is 23.7 Å². The molecule has 0 bridgehead atoms. The largest absolute Gasteiger partial charge is 0.378 e. The molecule has 96 valence electrons. The van der Waals surface area contributed by atoms with Crippen LogP contribution < -0.4 is 5.32 Å². The third-order valence-electron chi connectivity index (χ3n) is 2.97. The highest BCUT2D eigenvalue weighted by Crippen LogP contribution is 2.19. The van der Waals surface area contributed by atoms with Gasteiger partial charge in [0.25, 0.3) is 0 Å². The van der Waals surface area contributed by atoms with Gasteiger partial charge in [-0.2, -0.15) is 0 Å². The van der Waals surface area contributed by atoms with Crippen molar-refractivity contribution in [3.63, 3.8) is 0 Å². The van der Waals surface area contributed by atoms with Crippen LogP contribution in [-0.2, 0) is 17.7 Å². The zero-order chi connectivity index (χ0) is 12.1. The fourth-order valence-electron chi connectivity index (χ4n) is 2.00. The summed E-state index contributed by atoms with van der Waals surface area (Å²) < 4.78 is 5.74. The van der Waals surface area contributed by atoms with Gasteiger partial charge < -0.3 is 10.1 Å². The second-order valence-electron chi connectivity index (χ2n) is 4.96. The van der Waals surface area contributed by atoms with Crippen molar-refractivity contribution >= 4 is 11.3 Å². The molecule has 4 heteroatoms. The zero-order valence-corrected chi connectivity index (χ0v) is 11.6. The van der Waals surface area contributed by atoms with Gasteiger partial charge in [-0.15, -0.1) is 11.3 Å². The van der Waals surface area contributed by atoms with Gasteiger partial charge in [0, 0.05) is 31.0 Å². The predicted octanol–water partition coefficient (Wildman–Crippen LogP) is 2.75. The van der Waals surface area contributed by atoms with Crippen molar-refractivity contribution in [3.8, 4) is 0 Å². The van der Waals surface area contributed by atoms with Crippen LogP contribution in [0, 0.1) is 0 Å². The second-order valence-corrected chi connectivity index (χ2v) is 5.90. The number of rotatable bonds is 5. The highest BCUT2D eigenvalue weighted by Gasteiger charge is 2.16. The number of ether oxygens (including phenoxy) is 1. The van der Waals surface area contributed by atoms with Crippen LogP contribution in [0.3, 0.4) is 0 Å². The van der Waals surface area contributed by atoms with E-state index in [9.17, 15) is 0 Å². The number of nitrogens with zero attached hydrogens (tertiary/aromatic N) is 1. The van der Waals surface area contributed by atoms with Gasteiger partial charge in [-0.3, -0.25) is 0 Å². The number of hydrogen-bond donors (Lipinski definition) is 1. The van der Waals surface area contributed by atoms with E-state index >= 15 is 0 Å². The first-order valence-electron chi connectivity index (χ1n) is 6.52. The molecular weight excluding hydrogens is 232 g/mol. The Labute approximate surface area is 108 Å². The Morgan fingerprint density at radius 3 is 3.12 bits per heavy atom. The van der Waals surface area contributed by atoms with Crippen molar-refractivity contribution in [2.45, 2.75) is 58.2 Å². The summed E-state index contributed by atoms with van der Waals surface area (Å²) in [6.45, 7) is 6.11. The van der Waals surface area contributed by atoms with Gasteiger partial charge in [0.1, 0.15) is 0 Å². The summed E-state index contributed by atoms with van der Waals surface area (Å²) in [5.41, 5.74) is 1.16. The Morgan fingerprint density at radius 2 is 2.41 bits per heavy atom. The Bertz CT molecular complexity index is 332. The molecule has 1 saturated heterocycles. The molecular formula is C13H22N2OS. The average Bonchev–Trinajstić information content (AvgIpc) is 2.75. The molecule has 1 aliphatic heterocycles. The molecule has 1 aromatic rings. The molecule has 1 aromatic heterocycles. The summed E-state index contributed by atoms with van der Waals surface area (Å²) in [5.74, 6) is 0. The molecule has 2 rings (SSSR count). The predicted molar refractivity (Wildman–Crippen MR) is 71.4 cm³/mol. The third-order valence-corrected chi connectivity index (χ3v) is 3.89. The molecule has 1 atom stereocenters. The summed E-state index contributed by atoms with van der Waals surface area (Å²) in [4.78, 5) is 4.65. The second kappa shape index (κ2) is 6.47. The van der Waals surface area contributed by atoms with Crippen LogP contribution in [0.25, 0.3) is 0 Å². The van der Waals surface area contributed by atoms with Crippen molar-refractivity contribution < 1.29 is 4.74 Å². The van der Waals surface area contributed by atoms with Crippen LogP contribution in [0.5, 0.6) is 0 Å². The molecule has 0 amide bonds. The van der Waals surface area contributed by atoms with Crippen LogP contribution in [0.15, 0.2) is 5.38 Å². The molecule has 0 aromatic carbocycles. The Morgan fingerprint density at radius 1 is 1.53 bits per heavy atom. The molecule has 1 N–H and O–H groups in total. The third kappa shape index (κ3) is 4.37. The van der Waals surface area contributed by atoms with Gasteiger partial charge in [0.2, 0.25) is 0 Å². The normalized spacial score (nSPS) is 21.0. The molecule has 0 aliphatic carbocycles. The van der Waals surface area contributed by atoms with E-state index in [-0.39, 0.29) is 0 Å². The lowest BCUT2D eigenvalue weighted by Crippen LogP contribution is -2.22. The lowest BCUT2D eigenvalue weighted by Gasteiger charge is -2.21. The van der Waals surface area contributed by atoms with Crippen molar-refractivity contribution in [1.29, 1.82) is 0 Å². The minimum absolute atomic E-state index is 0.404. The lowest BCUT2D eigenvalue weighted by molar-refractivity contribution is 0.0167. The molecule has 17 heavy (non-hydrogen) atoms. The SMILES string of the molecule is CC(C)NCc1csc(CC2CCCCO2)n1. The Kier molecular flexibility index (Phi) is 4.95. The van der Waals surface area contributed by atoms with E-state index in [1.165, 1.54) is 24.3 Å². The summed E-state index contributed by atoms with van der Waals surface area (Å²) in [6, 6.07) is 0.516. The quantitative estimate of drug-likeness (QED) is 0.877. The lowest BCUT2D eigenvalue weighted by atomic mass is 10.1. The molecule has 0 saturated carbocycles. The molecule has 2 heterocycles. The van der Waals surface area contributed by atoms with Gasteiger partial charge >= 0.3 is 0 Å². The number of nitrogens with one attached hydrogen (secondary N) is 1. The molecule has 0 radical (unpaired) electrons. The van der Waals surface area contributed by atoms with E-state index < -0.39 is 0 Å². The van der Waals surface area contributed by atoms with Gasteiger partial charge in [-0.1, -0.05) is 13.8 Å². The summed E-state index contributed by atoms with van der Waals surface area (Å²) in [7, 11) is 0. The maximum atomic E-state index is 5.74. The van der Waals surface area contributed by atoms with Crippen molar-refractivity contribution in [2.75, 3.05) is 6.61 Å². The molecule has 1 unspecified atom stereocenters. The maximum absolute atomic E-state index is 5.74. The van der Waals surface area contributed by atoms with E-state index in [1.807, 2.05) is 0 Å². The summed E-state index contributed by atoms with van der Waals surface area (Å²) in [6.07, 6.45) is 5.11. The Hall–Kier alpha value is -0.450. The number of aromatic nitrogens is 1. The van der Waals surface area contributed by atoms with Crippen molar-refractivity contribution in [2.24, 2.45) is 0 Å². The highest BCUT2D eigenvalue weighted by atomic mass is 32.1. The van der Waals surface area contributed by atoms with E-state index in [4.69, 9.17) is 4.74 Å². The molecule has 3 nitrogen and oxygen atoms in total.